The lowest BCUT2D eigenvalue weighted by molar-refractivity contribution is 0.555. The number of rotatable bonds is 2. The molecule has 0 saturated heterocycles. The molecule has 0 radical (unpaired) electrons. The third kappa shape index (κ3) is 1.55. The molecule has 1 aliphatic carbocycles. The van der Waals surface area contributed by atoms with Crippen LogP contribution in [0.15, 0.2) is 27.8 Å². The Morgan fingerprint density at radius 2 is 2.31 bits per heavy atom. The molecule has 1 fully saturated rings. The van der Waals surface area contributed by atoms with Gasteiger partial charge in [-0.2, -0.15) is 4.99 Å². The van der Waals surface area contributed by atoms with E-state index in [0.717, 1.165) is 23.0 Å². The SMILES string of the molecule is O=C=NC1(c2ccc(Br)cn2)CC1. The first-order valence-electron chi connectivity index (χ1n) is 3.98. The van der Waals surface area contributed by atoms with E-state index < -0.39 is 0 Å². The average molecular weight is 239 g/mol. The highest BCUT2D eigenvalue weighted by molar-refractivity contribution is 9.10. The molecule has 1 heterocycles. The monoisotopic (exact) mass is 238 g/mol. The van der Waals surface area contributed by atoms with Gasteiger partial charge in [0.25, 0.3) is 0 Å². The molecule has 0 unspecified atom stereocenters. The van der Waals surface area contributed by atoms with Crippen LogP contribution in [0.25, 0.3) is 0 Å². The number of hydrogen-bond acceptors (Lipinski definition) is 3. The van der Waals surface area contributed by atoms with E-state index in [1.165, 1.54) is 0 Å². The average Bonchev–Trinajstić information content (AvgIpc) is 2.87. The Morgan fingerprint density at radius 1 is 1.54 bits per heavy atom. The molecule has 0 atom stereocenters. The number of aromatic nitrogens is 1. The Labute approximate surface area is 84.0 Å². The standard InChI is InChI=1S/C9H7BrN2O/c10-7-1-2-8(11-5-7)9(3-4-9)12-6-13/h1-2,5H,3-4H2. The molecule has 1 aromatic rings. The Morgan fingerprint density at radius 3 is 2.77 bits per heavy atom. The van der Waals surface area contributed by atoms with E-state index in [2.05, 4.69) is 25.9 Å². The summed E-state index contributed by atoms with van der Waals surface area (Å²) in [5, 5.41) is 0. The maximum Gasteiger partial charge on any atom is 0.235 e. The summed E-state index contributed by atoms with van der Waals surface area (Å²) in [5.41, 5.74) is 0.515. The summed E-state index contributed by atoms with van der Waals surface area (Å²) in [7, 11) is 0. The Kier molecular flexibility index (Phi) is 2.02. The Bertz CT molecular complexity index is 364. The molecule has 0 aromatic carbocycles. The molecule has 3 nitrogen and oxygen atoms in total. The molecule has 0 amide bonds. The molecular formula is C9H7BrN2O. The molecule has 4 heteroatoms. The minimum Gasteiger partial charge on any atom is -0.258 e. The third-order valence-corrected chi connectivity index (χ3v) is 2.66. The van der Waals surface area contributed by atoms with Crippen molar-refractivity contribution in [2.24, 2.45) is 4.99 Å². The number of pyridine rings is 1. The van der Waals surface area contributed by atoms with Crippen molar-refractivity contribution in [1.29, 1.82) is 0 Å². The number of nitrogens with zero attached hydrogens (tertiary/aromatic N) is 2. The summed E-state index contributed by atoms with van der Waals surface area (Å²) < 4.78 is 0.933. The van der Waals surface area contributed by atoms with Gasteiger partial charge in [0.15, 0.2) is 0 Å². The molecule has 1 aromatic heterocycles. The lowest BCUT2D eigenvalue weighted by atomic mass is 10.2. The zero-order chi connectivity index (χ0) is 9.31. The van der Waals surface area contributed by atoms with Crippen LogP contribution in [0, 0.1) is 0 Å². The van der Waals surface area contributed by atoms with Crippen LogP contribution in [0.2, 0.25) is 0 Å². The van der Waals surface area contributed by atoms with Crippen molar-refractivity contribution in [3.05, 3.63) is 28.5 Å². The van der Waals surface area contributed by atoms with Crippen LogP contribution in [-0.4, -0.2) is 11.1 Å². The van der Waals surface area contributed by atoms with E-state index in [-0.39, 0.29) is 5.54 Å². The minimum atomic E-state index is -0.345. The van der Waals surface area contributed by atoms with Crippen LogP contribution >= 0.6 is 15.9 Å². The fraction of sp³-hybridized carbons (Fsp3) is 0.333. The van der Waals surface area contributed by atoms with Crippen LogP contribution < -0.4 is 0 Å². The van der Waals surface area contributed by atoms with Gasteiger partial charge in [0.1, 0.15) is 5.54 Å². The molecule has 1 aliphatic rings. The van der Waals surface area contributed by atoms with Crippen molar-refractivity contribution < 1.29 is 4.79 Å². The van der Waals surface area contributed by atoms with Gasteiger partial charge in [0, 0.05) is 10.7 Å². The van der Waals surface area contributed by atoms with Crippen LogP contribution in [0.5, 0.6) is 0 Å². The molecule has 0 bridgehead atoms. The summed E-state index contributed by atoms with van der Waals surface area (Å²) >= 11 is 3.30. The quantitative estimate of drug-likeness (QED) is 0.586. The van der Waals surface area contributed by atoms with Gasteiger partial charge in [-0.15, -0.1) is 0 Å². The summed E-state index contributed by atoms with van der Waals surface area (Å²) in [4.78, 5) is 18.2. The highest BCUT2D eigenvalue weighted by atomic mass is 79.9. The summed E-state index contributed by atoms with van der Waals surface area (Å²) in [6.45, 7) is 0. The maximum atomic E-state index is 10.2. The van der Waals surface area contributed by atoms with E-state index in [1.807, 2.05) is 12.1 Å². The highest BCUT2D eigenvalue weighted by Crippen LogP contribution is 2.48. The Hall–Kier alpha value is -0.990. The molecule has 0 aliphatic heterocycles. The first-order chi connectivity index (χ1) is 6.27. The van der Waals surface area contributed by atoms with Crippen molar-refractivity contribution >= 4 is 22.0 Å². The summed E-state index contributed by atoms with van der Waals surface area (Å²) in [5.74, 6) is 0. The number of aliphatic imine (C=N–C) groups is 1. The number of isocyanates is 1. The van der Waals surface area contributed by atoms with Gasteiger partial charge in [0.05, 0.1) is 5.69 Å². The predicted octanol–water partition coefficient (Wildman–Crippen LogP) is 2.17. The second-order valence-electron chi connectivity index (χ2n) is 3.10. The highest BCUT2D eigenvalue weighted by Gasteiger charge is 2.46. The number of halogens is 1. The van der Waals surface area contributed by atoms with E-state index in [1.54, 1.807) is 12.3 Å². The second-order valence-corrected chi connectivity index (χ2v) is 4.01. The van der Waals surface area contributed by atoms with E-state index in [0.29, 0.717) is 0 Å². The smallest absolute Gasteiger partial charge is 0.235 e. The second kappa shape index (κ2) is 3.05. The van der Waals surface area contributed by atoms with Gasteiger partial charge in [-0.05, 0) is 40.9 Å². The van der Waals surface area contributed by atoms with Crippen LogP contribution in [0.4, 0.5) is 0 Å². The lowest BCUT2D eigenvalue weighted by Crippen LogP contribution is -2.04. The Balaban J connectivity index is 2.35. The predicted molar refractivity (Wildman–Crippen MR) is 51.0 cm³/mol. The van der Waals surface area contributed by atoms with Gasteiger partial charge in [-0.1, -0.05) is 0 Å². The van der Waals surface area contributed by atoms with E-state index in [9.17, 15) is 4.79 Å². The molecule has 1 saturated carbocycles. The molecular weight excluding hydrogens is 232 g/mol. The molecule has 13 heavy (non-hydrogen) atoms. The molecule has 2 rings (SSSR count). The van der Waals surface area contributed by atoms with E-state index >= 15 is 0 Å². The molecule has 0 N–H and O–H groups in total. The van der Waals surface area contributed by atoms with Crippen molar-refractivity contribution in [2.45, 2.75) is 18.4 Å². The van der Waals surface area contributed by atoms with E-state index in [4.69, 9.17) is 0 Å². The molecule has 66 valence electrons. The van der Waals surface area contributed by atoms with Gasteiger partial charge in [0.2, 0.25) is 6.08 Å². The number of hydrogen-bond donors (Lipinski definition) is 0. The van der Waals surface area contributed by atoms with Crippen LogP contribution in [0.3, 0.4) is 0 Å². The summed E-state index contributed by atoms with van der Waals surface area (Å²) in [6, 6.07) is 3.79. The van der Waals surface area contributed by atoms with Gasteiger partial charge in [-0.3, -0.25) is 4.98 Å². The zero-order valence-electron chi connectivity index (χ0n) is 6.83. The van der Waals surface area contributed by atoms with Gasteiger partial charge >= 0.3 is 0 Å². The largest absolute Gasteiger partial charge is 0.258 e. The minimum absolute atomic E-state index is 0.345. The number of carbonyl (C=O) groups excluding carboxylic acids is 1. The first-order valence-corrected chi connectivity index (χ1v) is 4.77. The van der Waals surface area contributed by atoms with Crippen molar-refractivity contribution in [3.63, 3.8) is 0 Å². The van der Waals surface area contributed by atoms with Crippen molar-refractivity contribution in [2.75, 3.05) is 0 Å². The fourth-order valence-electron chi connectivity index (χ4n) is 1.28. The molecule has 0 spiro atoms. The van der Waals surface area contributed by atoms with Gasteiger partial charge < -0.3 is 0 Å². The fourth-order valence-corrected chi connectivity index (χ4v) is 1.52. The third-order valence-electron chi connectivity index (χ3n) is 2.19. The van der Waals surface area contributed by atoms with Crippen LogP contribution in [0.1, 0.15) is 18.5 Å². The van der Waals surface area contributed by atoms with Crippen LogP contribution in [-0.2, 0) is 10.3 Å². The maximum absolute atomic E-state index is 10.2. The zero-order valence-corrected chi connectivity index (χ0v) is 8.41. The summed E-state index contributed by atoms with van der Waals surface area (Å²) in [6.07, 6.45) is 5.12. The lowest BCUT2D eigenvalue weighted by Gasteiger charge is -2.05. The normalized spacial score (nSPS) is 17.6. The van der Waals surface area contributed by atoms with Crippen molar-refractivity contribution in [1.82, 2.24) is 4.98 Å². The van der Waals surface area contributed by atoms with Gasteiger partial charge in [-0.25, -0.2) is 4.79 Å². The topological polar surface area (TPSA) is 42.3 Å². The first kappa shape index (κ1) is 8.60. The van der Waals surface area contributed by atoms with Crippen molar-refractivity contribution in [3.8, 4) is 0 Å².